The first-order chi connectivity index (χ1) is 14.2. The Morgan fingerprint density at radius 2 is 1.59 bits per heavy atom. The van der Waals surface area contributed by atoms with E-state index >= 15 is 0 Å². The Hall–Kier alpha value is -1.57. The highest BCUT2D eigenvalue weighted by atomic mass is 32.2. The van der Waals surface area contributed by atoms with Crippen molar-refractivity contribution in [2.45, 2.75) is 30.2 Å². The maximum atomic E-state index is 12.9. The summed E-state index contributed by atoms with van der Waals surface area (Å²) < 4.78 is 0. The van der Waals surface area contributed by atoms with Gasteiger partial charge >= 0.3 is 0 Å². The molecule has 3 fully saturated rings. The topological polar surface area (TPSA) is 47.1 Å². The van der Waals surface area contributed by atoms with Gasteiger partial charge in [0.15, 0.2) is 0 Å². The predicted molar refractivity (Wildman–Crippen MR) is 116 cm³/mol. The summed E-state index contributed by atoms with van der Waals surface area (Å²) in [5.41, 5.74) is 0.786. The van der Waals surface area contributed by atoms with Crippen LogP contribution in [0.1, 0.15) is 29.6 Å². The van der Waals surface area contributed by atoms with E-state index in [2.05, 4.69) is 9.80 Å². The molecule has 0 atom stereocenters. The Labute approximate surface area is 178 Å². The van der Waals surface area contributed by atoms with Crippen molar-refractivity contribution in [2.75, 3.05) is 65.2 Å². The molecule has 2 amide bonds. The molecule has 4 rings (SSSR count). The average Bonchev–Trinajstić information content (AvgIpc) is 2.73. The van der Waals surface area contributed by atoms with Gasteiger partial charge in [-0.15, -0.1) is 11.8 Å². The number of amides is 2. The molecule has 2 heterocycles. The fourth-order valence-electron chi connectivity index (χ4n) is 4.48. The fraction of sp³-hybridized carbons (Fsp3) is 0.636. The lowest BCUT2D eigenvalue weighted by Gasteiger charge is -2.43. The minimum atomic E-state index is 0.105. The van der Waals surface area contributed by atoms with Crippen LogP contribution in [0, 0.1) is 0 Å². The van der Waals surface area contributed by atoms with Crippen LogP contribution in [0.4, 0.5) is 0 Å². The van der Waals surface area contributed by atoms with Gasteiger partial charge in [0.05, 0.1) is 12.1 Å². The summed E-state index contributed by atoms with van der Waals surface area (Å²) in [5.74, 6) is 0.346. The van der Waals surface area contributed by atoms with Crippen molar-refractivity contribution < 1.29 is 9.59 Å². The second-order valence-corrected chi connectivity index (χ2v) is 9.12. The molecule has 1 aromatic rings. The summed E-state index contributed by atoms with van der Waals surface area (Å²) in [7, 11) is 0. The average molecular weight is 417 g/mol. The first kappa shape index (κ1) is 20.7. The van der Waals surface area contributed by atoms with Crippen molar-refractivity contribution in [3.8, 4) is 0 Å². The normalized spacial score (nSPS) is 21.8. The van der Waals surface area contributed by atoms with Gasteiger partial charge in [0, 0.05) is 63.3 Å². The third-order valence-electron chi connectivity index (χ3n) is 6.61. The molecule has 0 unspecified atom stereocenters. The number of piperazine rings is 2. The summed E-state index contributed by atoms with van der Waals surface area (Å²) in [4.78, 5) is 35.4. The number of benzene rings is 1. The molecule has 0 aromatic heterocycles. The van der Waals surface area contributed by atoms with Crippen molar-refractivity contribution in [1.82, 2.24) is 19.6 Å². The van der Waals surface area contributed by atoms with Crippen LogP contribution in [0.2, 0.25) is 0 Å². The Morgan fingerprint density at radius 3 is 2.21 bits per heavy atom. The number of carbonyl (C=O) groups is 2. The Bertz CT molecular complexity index is 723. The molecule has 0 bridgehead atoms. The zero-order valence-electron chi connectivity index (χ0n) is 17.4. The van der Waals surface area contributed by atoms with Gasteiger partial charge in [0.25, 0.3) is 5.91 Å². The quantitative estimate of drug-likeness (QED) is 0.686. The minimum Gasteiger partial charge on any atom is -0.339 e. The molecule has 1 saturated carbocycles. The van der Waals surface area contributed by atoms with Crippen LogP contribution in [-0.2, 0) is 4.79 Å². The highest BCUT2D eigenvalue weighted by Crippen LogP contribution is 2.25. The smallest absolute Gasteiger partial charge is 0.255 e. The Kier molecular flexibility index (Phi) is 6.77. The maximum absolute atomic E-state index is 12.9. The third-order valence-corrected chi connectivity index (χ3v) is 7.41. The molecule has 158 valence electrons. The monoisotopic (exact) mass is 416 g/mol. The molecule has 0 radical (unpaired) electrons. The maximum Gasteiger partial charge on any atom is 0.255 e. The lowest BCUT2D eigenvalue weighted by Crippen LogP contribution is -2.56. The molecule has 0 spiro atoms. The van der Waals surface area contributed by atoms with Crippen LogP contribution in [0.15, 0.2) is 29.2 Å². The van der Waals surface area contributed by atoms with E-state index in [1.807, 2.05) is 40.3 Å². The van der Waals surface area contributed by atoms with Gasteiger partial charge in [0.2, 0.25) is 5.91 Å². The van der Waals surface area contributed by atoms with Crippen molar-refractivity contribution in [3.05, 3.63) is 29.8 Å². The van der Waals surface area contributed by atoms with E-state index in [-0.39, 0.29) is 11.8 Å². The molecule has 7 heteroatoms. The highest BCUT2D eigenvalue weighted by molar-refractivity contribution is 7.98. The summed E-state index contributed by atoms with van der Waals surface area (Å²) in [6.45, 7) is 7.14. The molecular formula is C22H32N4O2S. The van der Waals surface area contributed by atoms with Crippen LogP contribution < -0.4 is 0 Å². The van der Waals surface area contributed by atoms with Crippen molar-refractivity contribution in [1.29, 1.82) is 0 Å². The van der Waals surface area contributed by atoms with Crippen LogP contribution >= 0.6 is 11.8 Å². The number of rotatable bonds is 5. The molecule has 6 nitrogen and oxygen atoms in total. The van der Waals surface area contributed by atoms with E-state index < -0.39 is 0 Å². The van der Waals surface area contributed by atoms with Gasteiger partial charge in [-0.2, -0.15) is 0 Å². The number of thioether (sulfide) groups is 1. The van der Waals surface area contributed by atoms with Crippen molar-refractivity contribution in [3.63, 3.8) is 0 Å². The van der Waals surface area contributed by atoms with Crippen LogP contribution in [-0.4, -0.2) is 103 Å². The molecule has 1 aliphatic carbocycles. The van der Waals surface area contributed by atoms with E-state index in [4.69, 9.17) is 0 Å². The second-order valence-electron chi connectivity index (χ2n) is 8.27. The van der Waals surface area contributed by atoms with Crippen LogP contribution in [0.3, 0.4) is 0 Å². The number of nitrogens with zero attached hydrogens (tertiary/aromatic N) is 4. The van der Waals surface area contributed by atoms with Crippen LogP contribution in [0.5, 0.6) is 0 Å². The van der Waals surface area contributed by atoms with E-state index in [1.165, 1.54) is 19.3 Å². The molecular weight excluding hydrogens is 384 g/mol. The molecule has 1 aromatic carbocycles. The minimum absolute atomic E-state index is 0.105. The standard InChI is InChI=1S/C22H32N4O2S/c1-29-20-8-3-2-7-19(20)22(28)26-11-9-23(10-12-26)17-21(27)25-15-13-24(14-16-25)18-5-4-6-18/h2-3,7-8,18H,4-6,9-17H2,1H3. The Morgan fingerprint density at radius 1 is 0.931 bits per heavy atom. The summed E-state index contributed by atoms with van der Waals surface area (Å²) in [5, 5.41) is 0. The number of hydrogen-bond donors (Lipinski definition) is 0. The molecule has 2 aliphatic heterocycles. The van der Waals surface area contributed by atoms with Gasteiger partial charge in [-0.25, -0.2) is 0 Å². The summed E-state index contributed by atoms with van der Waals surface area (Å²) >= 11 is 1.61. The van der Waals surface area contributed by atoms with Crippen LogP contribution in [0.25, 0.3) is 0 Å². The number of carbonyl (C=O) groups excluding carboxylic acids is 2. The molecule has 2 saturated heterocycles. The zero-order valence-corrected chi connectivity index (χ0v) is 18.2. The second kappa shape index (κ2) is 9.49. The lowest BCUT2D eigenvalue weighted by atomic mass is 9.91. The van der Waals surface area contributed by atoms with E-state index in [9.17, 15) is 9.59 Å². The zero-order chi connectivity index (χ0) is 20.2. The van der Waals surface area contributed by atoms with E-state index in [0.717, 1.165) is 55.8 Å². The SMILES string of the molecule is CSc1ccccc1C(=O)N1CCN(CC(=O)N2CCN(C3CCC3)CC2)CC1. The summed E-state index contributed by atoms with van der Waals surface area (Å²) in [6.07, 6.45) is 6.03. The van der Waals surface area contributed by atoms with Crippen molar-refractivity contribution >= 4 is 23.6 Å². The van der Waals surface area contributed by atoms with Gasteiger partial charge in [-0.05, 0) is 31.2 Å². The van der Waals surface area contributed by atoms with E-state index in [0.29, 0.717) is 19.6 Å². The first-order valence-electron chi connectivity index (χ1n) is 10.8. The molecule has 3 aliphatic rings. The number of hydrogen-bond acceptors (Lipinski definition) is 5. The van der Waals surface area contributed by atoms with Gasteiger partial charge in [0.1, 0.15) is 0 Å². The highest BCUT2D eigenvalue weighted by Gasteiger charge is 2.30. The largest absolute Gasteiger partial charge is 0.339 e. The fourth-order valence-corrected chi connectivity index (χ4v) is 5.07. The van der Waals surface area contributed by atoms with E-state index in [1.54, 1.807) is 11.8 Å². The Balaban J connectivity index is 1.22. The van der Waals surface area contributed by atoms with Gasteiger partial charge in [-0.3, -0.25) is 19.4 Å². The molecule has 0 N–H and O–H groups in total. The van der Waals surface area contributed by atoms with Gasteiger partial charge in [-0.1, -0.05) is 18.6 Å². The predicted octanol–water partition coefficient (Wildman–Crippen LogP) is 1.86. The molecule has 29 heavy (non-hydrogen) atoms. The lowest BCUT2D eigenvalue weighted by molar-refractivity contribution is -0.135. The van der Waals surface area contributed by atoms with Crippen molar-refractivity contribution in [2.24, 2.45) is 0 Å². The third kappa shape index (κ3) is 4.78. The van der Waals surface area contributed by atoms with Gasteiger partial charge < -0.3 is 9.80 Å². The summed E-state index contributed by atoms with van der Waals surface area (Å²) in [6, 6.07) is 8.57. The first-order valence-corrected chi connectivity index (χ1v) is 12.0.